The molecule has 0 radical (unpaired) electrons. The average Bonchev–Trinajstić information content (AvgIpc) is 3.19. The molecule has 0 saturated heterocycles. The molecule has 1 fully saturated rings. The van der Waals surface area contributed by atoms with E-state index >= 15 is 0 Å². The van der Waals surface area contributed by atoms with Crippen LogP contribution in [-0.2, 0) is 0 Å². The lowest BCUT2D eigenvalue weighted by molar-refractivity contribution is 0.0954. The van der Waals surface area contributed by atoms with Gasteiger partial charge in [0.2, 0.25) is 0 Å². The molecule has 1 saturated carbocycles. The molecule has 0 atom stereocenters. The fourth-order valence-corrected chi connectivity index (χ4v) is 3.12. The van der Waals surface area contributed by atoms with E-state index in [1.165, 1.54) is 17.7 Å². The van der Waals surface area contributed by atoms with Crippen molar-refractivity contribution in [2.45, 2.75) is 25.8 Å². The van der Waals surface area contributed by atoms with Gasteiger partial charge in [0, 0.05) is 12.6 Å². The van der Waals surface area contributed by atoms with Gasteiger partial charge in [-0.3, -0.25) is 4.79 Å². The van der Waals surface area contributed by atoms with E-state index in [9.17, 15) is 4.79 Å². The van der Waals surface area contributed by atoms with E-state index in [1.54, 1.807) is 6.08 Å². The van der Waals surface area contributed by atoms with Crippen LogP contribution < -0.4 is 10.6 Å². The van der Waals surface area contributed by atoms with Crippen molar-refractivity contribution < 1.29 is 4.79 Å². The number of amides is 1. The Balaban J connectivity index is 1.99. The fourth-order valence-electron chi connectivity index (χ4n) is 2.07. The Morgan fingerprint density at radius 3 is 3.05 bits per heavy atom. The number of hydrogen-bond acceptors (Lipinski definition) is 5. The normalized spacial score (nSPS) is 14.2. The average molecular weight is 288 g/mol. The van der Waals surface area contributed by atoms with Crippen molar-refractivity contribution in [1.29, 1.82) is 0 Å². The zero-order chi connectivity index (χ0) is 14.1. The van der Waals surface area contributed by atoms with Gasteiger partial charge in [0.05, 0.1) is 10.3 Å². The molecular weight excluding hydrogens is 272 g/mol. The lowest BCUT2D eigenvalue weighted by Gasteiger charge is -2.04. The number of hydrogen-bond donors (Lipinski definition) is 2. The molecule has 2 heterocycles. The molecule has 20 heavy (non-hydrogen) atoms. The minimum Gasteiger partial charge on any atom is -0.366 e. The van der Waals surface area contributed by atoms with Crippen molar-refractivity contribution in [1.82, 2.24) is 15.3 Å². The first-order chi connectivity index (χ1) is 9.70. The van der Waals surface area contributed by atoms with Crippen LogP contribution in [0.3, 0.4) is 0 Å². The summed E-state index contributed by atoms with van der Waals surface area (Å²) < 4.78 is 0. The molecule has 0 bridgehead atoms. The number of thiophene rings is 1. The number of nitrogens with one attached hydrogen (secondary N) is 2. The van der Waals surface area contributed by atoms with Gasteiger partial charge < -0.3 is 10.6 Å². The molecule has 0 unspecified atom stereocenters. The molecule has 2 N–H and O–H groups in total. The van der Waals surface area contributed by atoms with Crippen molar-refractivity contribution in [3.63, 3.8) is 0 Å². The smallest absolute Gasteiger partial charge is 0.261 e. The summed E-state index contributed by atoms with van der Waals surface area (Å²) in [5.74, 6) is 0.761. The molecule has 5 nitrogen and oxygen atoms in total. The van der Waals surface area contributed by atoms with Crippen LogP contribution in [0.25, 0.3) is 10.2 Å². The van der Waals surface area contributed by atoms with Crippen LogP contribution in [-0.4, -0.2) is 28.5 Å². The third-order valence-electron chi connectivity index (χ3n) is 3.26. The Morgan fingerprint density at radius 1 is 1.55 bits per heavy atom. The van der Waals surface area contributed by atoms with E-state index in [2.05, 4.69) is 27.2 Å². The zero-order valence-electron chi connectivity index (χ0n) is 11.3. The molecule has 0 aromatic carbocycles. The van der Waals surface area contributed by atoms with Crippen LogP contribution in [0.2, 0.25) is 0 Å². The van der Waals surface area contributed by atoms with Gasteiger partial charge in [-0.05, 0) is 25.3 Å². The zero-order valence-corrected chi connectivity index (χ0v) is 12.1. The van der Waals surface area contributed by atoms with E-state index < -0.39 is 0 Å². The first-order valence-electron chi connectivity index (χ1n) is 6.60. The third-order valence-corrected chi connectivity index (χ3v) is 4.46. The predicted octanol–water partition coefficient (Wildman–Crippen LogP) is 2.49. The van der Waals surface area contributed by atoms with E-state index in [0.717, 1.165) is 39.3 Å². The lowest BCUT2D eigenvalue weighted by atomic mass is 10.2. The van der Waals surface area contributed by atoms with Gasteiger partial charge >= 0.3 is 0 Å². The monoisotopic (exact) mass is 288 g/mol. The predicted molar refractivity (Wildman–Crippen MR) is 81.3 cm³/mol. The number of anilines is 1. The van der Waals surface area contributed by atoms with Gasteiger partial charge in [-0.2, -0.15) is 0 Å². The number of aryl methyl sites for hydroxylation is 1. The molecule has 2 aromatic heterocycles. The lowest BCUT2D eigenvalue weighted by Crippen LogP contribution is -2.24. The summed E-state index contributed by atoms with van der Waals surface area (Å²) in [4.78, 5) is 22.3. The summed E-state index contributed by atoms with van der Waals surface area (Å²) in [6, 6.07) is 0.358. The SMILES string of the molecule is C=CCNc1ncnc2sc(C(=O)NC3CC3)c(C)c12. The molecule has 0 spiro atoms. The molecule has 6 heteroatoms. The molecule has 0 aliphatic heterocycles. The standard InChI is InChI=1S/C14H16N4OS/c1-3-6-15-12-10-8(2)11(13(19)18-9-4-5-9)20-14(10)17-7-16-12/h3,7,9H,1,4-6H2,2H3,(H,18,19)(H,15,16,17). The van der Waals surface area contributed by atoms with E-state index in [-0.39, 0.29) is 5.91 Å². The van der Waals surface area contributed by atoms with Crippen molar-refractivity contribution in [2.24, 2.45) is 0 Å². The number of nitrogens with zero attached hydrogens (tertiary/aromatic N) is 2. The molecule has 1 aliphatic carbocycles. The molecular formula is C14H16N4OS. The summed E-state index contributed by atoms with van der Waals surface area (Å²) in [6.45, 7) is 6.26. The van der Waals surface area contributed by atoms with Crippen LogP contribution in [0.4, 0.5) is 5.82 Å². The summed E-state index contributed by atoms with van der Waals surface area (Å²) in [5, 5.41) is 7.14. The van der Waals surface area contributed by atoms with Crippen LogP contribution in [0.1, 0.15) is 28.1 Å². The van der Waals surface area contributed by atoms with Crippen LogP contribution >= 0.6 is 11.3 Å². The fraction of sp³-hybridized carbons (Fsp3) is 0.357. The van der Waals surface area contributed by atoms with Crippen LogP contribution in [0, 0.1) is 6.92 Å². The second-order valence-electron chi connectivity index (χ2n) is 4.88. The maximum absolute atomic E-state index is 12.2. The molecule has 104 valence electrons. The highest BCUT2D eigenvalue weighted by Crippen LogP contribution is 2.33. The Hall–Kier alpha value is -1.95. The summed E-state index contributed by atoms with van der Waals surface area (Å²) in [7, 11) is 0. The van der Waals surface area contributed by atoms with E-state index in [0.29, 0.717) is 12.6 Å². The highest BCUT2D eigenvalue weighted by molar-refractivity contribution is 7.20. The van der Waals surface area contributed by atoms with Crippen LogP contribution in [0.15, 0.2) is 19.0 Å². The minimum atomic E-state index is 0.00247. The number of aromatic nitrogens is 2. The van der Waals surface area contributed by atoms with Gasteiger partial charge in [0.1, 0.15) is 17.0 Å². The Morgan fingerprint density at radius 2 is 2.35 bits per heavy atom. The van der Waals surface area contributed by atoms with Crippen molar-refractivity contribution in [3.8, 4) is 0 Å². The minimum absolute atomic E-state index is 0.00247. The van der Waals surface area contributed by atoms with Gasteiger partial charge in [0.15, 0.2) is 0 Å². The van der Waals surface area contributed by atoms with Gasteiger partial charge in [-0.1, -0.05) is 6.08 Å². The molecule has 1 aliphatic rings. The van der Waals surface area contributed by atoms with Gasteiger partial charge in [-0.25, -0.2) is 9.97 Å². The molecule has 2 aromatic rings. The van der Waals surface area contributed by atoms with E-state index in [4.69, 9.17) is 0 Å². The number of carbonyl (C=O) groups is 1. The topological polar surface area (TPSA) is 66.9 Å². The maximum Gasteiger partial charge on any atom is 0.261 e. The van der Waals surface area contributed by atoms with Crippen molar-refractivity contribution in [3.05, 3.63) is 29.4 Å². The van der Waals surface area contributed by atoms with Crippen molar-refractivity contribution in [2.75, 3.05) is 11.9 Å². The number of fused-ring (bicyclic) bond motifs is 1. The Labute approximate surface area is 121 Å². The molecule has 1 amide bonds. The maximum atomic E-state index is 12.2. The van der Waals surface area contributed by atoms with Crippen LogP contribution in [0.5, 0.6) is 0 Å². The van der Waals surface area contributed by atoms with Gasteiger partial charge in [-0.15, -0.1) is 17.9 Å². The number of carbonyl (C=O) groups excluding carboxylic acids is 1. The van der Waals surface area contributed by atoms with Gasteiger partial charge in [0.25, 0.3) is 5.91 Å². The summed E-state index contributed by atoms with van der Waals surface area (Å²) >= 11 is 1.42. The number of rotatable bonds is 5. The molecule has 3 rings (SSSR count). The quantitative estimate of drug-likeness (QED) is 0.830. The van der Waals surface area contributed by atoms with E-state index in [1.807, 2.05) is 6.92 Å². The second-order valence-corrected chi connectivity index (χ2v) is 5.87. The summed E-state index contributed by atoms with van der Waals surface area (Å²) in [5.41, 5.74) is 0.940. The first-order valence-corrected chi connectivity index (χ1v) is 7.42. The highest BCUT2D eigenvalue weighted by Gasteiger charge is 2.26. The van der Waals surface area contributed by atoms with Crippen molar-refractivity contribution >= 4 is 33.3 Å². The second kappa shape index (κ2) is 5.20. The largest absolute Gasteiger partial charge is 0.366 e. The Bertz CT molecular complexity index is 675. The third kappa shape index (κ3) is 2.38. The Kier molecular flexibility index (Phi) is 3.40. The summed E-state index contributed by atoms with van der Waals surface area (Å²) in [6.07, 6.45) is 5.46. The highest BCUT2D eigenvalue weighted by atomic mass is 32.1. The first kappa shape index (κ1) is 13.1.